The topological polar surface area (TPSA) is 39.9 Å². The maximum atomic E-state index is 14.0. The van der Waals surface area contributed by atoms with Crippen LogP contribution in [0.3, 0.4) is 0 Å². The minimum atomic E-state index is -1.33. The zero-order valence-electron chi connectivity index (χ0n) is 14.2. The van der Waals surface area contributed by atoms with Gasteiger partial charge in [0.2, 0.25) is 0 Å². The van der Waals surface area contributed by atoms with Gasteiger partial charge < -0.3 is 9.30 Å². The summed E-state index contributed by atoms with van der Waals surface area (Å²) in [5.41, 5.74) is -1.10. The summed E-state index contributed by atoms with van der Waals surface area (Å²) in [5, 5.41) is 7.94. The van der Waals surface area contributed by atoms with Crippen molar-refractivity contribution in [1.82, 2.24) is 14.8 Å². The van der Waals surface area contributed by atoms with Crippen LogP contribution in [0, 0.1) is 23.3 Å². The molecule has 0 unspecified atom stereocenters. The van der Waals surface area contributed by atoms with Crippen LogP contribution >= 0.6 is 0 Å². The standard InChI is InChI=1S/C18H15F4N3O/c1-18(2,26-15-13(21)8-10(19)9-14(15)22)17-24-23-16(25(17)3)11-6-4-5-7-12(11)20/h4-9H,1-3H3. The van der Waals surface area contributed by atoms with E-state index in [0.717, 1.165) is 0 Å². The first-order chi connectivity index (χ1) is 12.2. The van der Waals surface area contributed by atoms with Crippen LogP contribution < -0.4 is 4.74 Å². The van der Waals surface area contributed by atoms with Crippen LogP contribution in [-0.4, -0.2) is 14.8 Å². The van der Waals surface area contributed by atoms with E-state index in [1.54, 1.807) is 19.2 Å². The van der Waals surface area contributed by atoms with Crippen molar-refractivity contribution in [2.24, 2.45) is 7.05 Å². The highest BCUT2D eigenvalue weighted by molar-refractivity contribution is 5.56. The number of benzene rings is 2. The lowest BCUT2D eigenvalue weighted by Crippen LogP contribution is -2.30. The maximum Gasteiger partial charge on any atom is 0.192 e. The van der Waals surface area contributed by atoms with Crippen molar-refractivity contribution in [3.05, 3.63) is 65.5 Å². The first-order valence-electron chi connectivity index (χ1n) is 7.69. The summed E-state index contributed by atoms with van der Waals surface area (Å²) < 4.78 is 61.7. The van der Waals surface area contributed by atoms with Gasteiger partial charge in [0.1, 0.15) is 11.6 Å². The average Bonchev–Trinajstić information content (AvgIpc) is 2.94. The van der Waals surface area contributed by atoms with Gasteiger partial charge in [-0.1, -0.05) is 12.1 Å². The van der Waals surface area contributed by atoms with E-state index in [9.17, 15) is 17.6 Å². The fourth-order valence-electron chi connectivity index (χ4n) is 2.66. The zero-order valence-corrected chi connectivity index (χ0v) is 14.2. The molecule has 8 heteroatoms. The van der Waals surface area contributed by atoms with E-state index in [1.165, 1.54) is 30.5 Å². The second-order valence-corrected chi connectivity index (χ2v) is 6.20. The predicted octanol–water partition coefficient (Wildman–Crippen LogP) is 4.35. The Kier molecular flexibility index (Phi) is 4.43. The number of nitrogens with zero attached hydrogens (tertiary/aromatic N) is 3. The third-order valence-electron chi connectivity index (χ3n) is 3.85. The molecule has 26 heavy (non-hydrogen) atoms. The summed E-state index contributed by atoms with van der Waals surface area (Å²) in [6.07, 6.45) is 0. The summed E-state index contributed by atoms with van der Waals surface area (Å²) in [5.74, 6) is -4.17. The molecule has 136 valence electrons. The summed E-state index contributed by atoms with van der Waals surface area (Å²) in [4.78, 5) is 0. The molecular formula is C18H15F4N3O. The Balaban J connectivity index is 2.00. The third kappa shape index (κ3) is 3.14. The number of aromatic nitrogens is 3. The van der Waals surface area contributed by atoms with Gasteiger partial charge in [-0.3, -0.25) is 0 Å². The minimum Gasteiger partial charge on any atom is -0.474 e. The van der Waals surface area contributed by atoms with E-state index >= 15 is 0 Å². The molecule has 0 radical (unpaired) electrons. The number of hydrogen-bond acceptors (Lipinski definition) is 3. The molecule has 4 nitrogen and oxygen atoms in total. The van der Waals surface area contributed by atoms with Crippen molar-refractivity contribution < 1.29 is 22.3 Å². The lowest BCUT2D eigenvalue weighted by Gasteiger charge is -2.26. The highest BCUT2D eigenvalue weighted by Crippen LogP contribution is 2.32. The summed E-state index contributed by atoms with van der Waals surface area (Å²) in [7, 11) is 1.58. The van der Waals surface area contributed by atoms with Crippen LogP contribution in [-0.2, 0) is 12.6 Å². The molecule has 0 aliphatic heterocycles. The minimum absolute atomic E-state index is 0.207. The van der Waals surface area contributed by atoms with E-state index in [4.69, 9.17) is 4.74 Å². The van der Waals surface area contributed by atoms with Gasteiger partial charge in [-0.05, 0) is 26.0 Å². The van der Waals surface area contributed by atoms with Crippen molar-refractivity contribution in [1.29, 1.82) is 0 Å². The van der Waals surface area contributed by atoms with E-state index in [0.29, 0.717) is 12.1 Å². The largest absolute Gasteiger partial charge is 0.474 e. The number of hydrogen-bond donors (Lipinski definition) is 0. The Morgan fingerprint density at radius 2 is 1.54 bits per heavy atom. The highest BCUT2D eigenvalue weighted by atomic mass is 19.1. The number of ether oxygens (including phenoxy) is 1. The first-order valence-corrected chi connectivity index (χ1v) is 7.69. The molecule has 0 amide bonds. The molecule has 0 aliphatic carbocycles. The van der Waals surface area contributed by atoms with Crippen molar-refractivity contribution >= 4 is 0 Å². The quantitative estimate of drug-likeness (QED) is 0.646. The predicted molar refractivity (Wildman–Crippen MR) is 86.4 cm³/mol. The van der Waals surface area contributed by atoms with Crippen LogP contribution in [0.5, 0.6) is 5.75 Å². The van der Waals surface area contributed by atoms with Gasteiger partial charge in [-0.15, -0.1) is 10.2 Å². The van der Waals surface area contributed by atoms with Gasteiger partial charge >= 0.3 is 0 Å². The maximum absolute atomic E-state index is 14.0. The highest BCUT2D eigenvalue weighted by Gasteiger charge is 2.32. The second-order valence-electron chi connectivity index (χ2n) is 6.20. The summed E-state index contributed by atoms with van der Waals surface area (Å²) in [6.45, 7) is 3.04. The molecule has 0 atom stereocenters. The third-order valence-corrected chi connectivity index (χ3v) is 3.85. The molecule has 0 saturated carbocycles. The zero-order chi connectivity index (χ0) is 19.1. The van der Waals surface area contributed by atoms with Crippen molar-refractivity contribution in [3.63, 3.8) is 0 Å². The monoisotopic (exact) mass is 365 g/mol. The molecule has 0 saturated heterocycles. The van der Waals surface area contributed by atoms with Crippen molar-refractivity contribution in [2.75, 3.05) is 0 Å². The van der Waals surface area contributed by atoms with Crippen LogP contribution in [0.4, 0.5) is 17.6 Å². The molecule has 0 N–H and O–H groups in total. The second kappa shape index (κ2) is 6.44. The van der Waals surface area contributed by atoms with Gasteiger partial charge in [0, 0.05) is 19.2 Å². The van der Waals surface area contributed by atoms with E-state index < -0.39 is 34.6 Å². The Labute approximate surface area is 147 Å². The van der Waals surface area contributed by atoms with Gasteiger partial charge in [-0.2, -0.15) is 0 Å². The summed E-state index contributed by atoms with van der Waals surface area (Å²) in [6, 6.07) is 7.07. The fourth-order valence-corrected chi connectivity index (χ4v) is 2.66. The van der Waals surface area contributed by atoms with Crippen molar-refractivity contribution in [2.45, 2.75) is 19.4 Å². The average molecular weight is 365 g/mol. The number of halogens is 4. The molecule has 1 aromatic heterocycles. The molecule has 3 rings (SSSR count). The normalized spacial score (nSPS) is 11.7. The van der Waals surface area contributed by atoms with Crippen LogP contribution in [0.2, 0.25) is 0 Å². The van der Waals surface area contributed by atoms with Gasteiger partial charge in [-0.25, -0.2) is 17.6 Å². The van der Waals surface area contributed by atoms with Crippen molar-refractivity contribution in [3.8, 4) is 17.1 Å². The Morgan fingerprint density at radius 1 is 0.923 bits per heavy atom. The molecule has 1 heterocycles. The van der Waals surface area contributed by atoms with Gasteiger partial charge in [0.15, 0.2) is 34.6 Å². The molecule has 2 aromatic carbocycles. The van der Waals surface area contributed by atoms with Crippen LogP contribution in [0.15, 0.2) is 36.4 Å². The molecule has 0 bridgehead atoms. The lowest BCUT2D eigenvalue weighted by molar-refractivity contribution is 0.0833. The molecule has 3 aromatic rings. The molecule has 0 aliphatic rings. The first kappa shape index (κ1) is 17.9. The smallest absolute Gasteiger partial charge is 0.192 e. The van der Waals surface area contributed by atoms with E-state index in [-0.39, 0.29) is 17.2 Å². The molecule has 0 spiro atoms. The van der Waals surface area contributed by atoms with Gasteiger partial charge in [0.25, 0.3) is 0 Å². The lowest BCUT2D eigenvalue weighted by atomic mass is 10.1. The Bertz CT molecular complexity index is 946. The molecule has 0 fully saturated rings. The van der Waals surface area contributed by atoms with E-state index in [2.05, 4.69) is 10.2 Å². The fraction of sp³-hybridized carbons (Fsp3) is 0.222. The van der Waals surface area contributed by atoms with Crippen LogP contribution in [0.1, 0.15) is 19.7 Å². The Morgan fingerprint density at radius 3 is 2.15 bits per heavy atom. The number of rotatable bonds is 4. The SMILES string of the molecule is Cn1c(-c2ccccc2F)nnc1C(C)(C)Oc1c(F)cc(F)cc1F. The van der Waals surface area contributed by atoms with E-state index in [1.807, 2.05) is 0 Å². The molecular weight excluding hydrogens is 350 g/mol. The van der Waals surface area contributed by atoms with Gasteiger partial charge in [0.05, 0.1) is 5.56 Å². The summed E-state index contributed by atoms with van der Waals surface area (Å²) >= 11 is 0. The van der Waals surface area contributed by atoms with Crippen LogP contribution in [0.25, 0.3) is 11.4 Å². The Hall–Kier alpha value is -2.90.